The summed E-state index contributed by atoms with van der Waals surface area (Å²) < 4.78 is 0. The molecule has 0 aromatic heterocycles. The molecule has 0 saturated carbocycles. The normalized spacial score (nSPS) is 15.4. The number of benzene rings is 1. The molecule has 0 unspecified atom stereocenters. The number of carbonyl (C=O) groups excluding carboxylic acids is 1. The predicted octanol–water partition coefficient (Wildman–Crippen LogP) is 3.20. The maximum Gasteiger partial charge on any atom is 0.253 e. The molecule has 1 aromatic rings. The van der Waals surface area contributed by atoms with E-state index < -0.39 is 0 Å². The zero-order chi connectivity index (χ0) is 12.4. The predicted molar refractivity (Wildman–Crippen MR) is 70.4 cm³/mol. The van der Waals surface area contributed by atoms with Crippen LogP contribution in [0.15, 0.2) is 23.3 Å². The van der Waals surface area contributed by atoms with E-state index in [2.05, 4.69) is 18.1 Å². The van der Waals surface area contributed by atoms with Gasteiger partial charge in [-0.05, 0) is 31.9 Å². The molecule has 2 rings (SSSR count). The van der Waals surface area contributed by atoms with Crippen molar-refractivity contribution in [3.63, 3.8) is 0 Å². The van der Waals surface area contributed by atoms with Crippen molar-refractivity contribution < 1.29 is 4.79 Å². The van der Waals surface area contributed by atoms with Crippen LogP contribution in [0.3, 0.4) is 0 Å². The minimum atomic E-state index is 0.0837. The van der Waals surface area contributed by atoms with Gasteiger partial charge in [-0.25, -0.2) is 5.01 Å². The first-order chi connectivity index (χ1) is 8.11. The third-order valence-corrected chi connectivity index (χ3v) is 2.95. The Hall–Kier alpha value is -1.64. The van der Waals surface area contributed by atoms with Gasteiger partial charge in [0.1, 0.15) is 0 Å². The molecule has 0 N–H and O–H groups in total. The first kappa shape index (κ1) is 11.8. The van der Waals surface area contributed by atoms with E-state index in [1.807, 2.05) is 26.0 Å². The Morgan fingerprint density at radius 2 is 2.12 bits per heavy atom. The van der Waals surface area contributed by atoms with Gasteiger partial charge >= 0.3 is 0 Å². The Kier molecular flexibility index (Phi) is 3.27. The van der Waals surface area contributed by atoms with Gasteiger partial charge in [0.15, 0.2) is 0 Å². The highest BCUT2D eigenvalue weighted by atomic mass is 16.2. The second kappa shape index (κ2) is 4.70. The molecule has 3 heteroatoms. The van der Waals surface area contributed by atoms with Crippen LogP contribution in [-0.4, -0.2) is 11.6 Å². The Balaban J connectivity index is 2.30. The molecule has 3 nitrogen and oxygen atoms in total. The van der Waals surface area contributed by atoms with Crippen LogP contribution in [-0.2, 0) is 4.79 Å². The van der Waals surface area contributed by atoms with Crippen molar-refractivity contribution in [3.8, 4) is 0 Å². The number of aryl methyl sites for hydroxylation is 2. The van der Waals surface area contributed by atoms with Crippen LogP contribution in [0.2, 0.25) is 0 Å². The van der Waals surface area contributed by atoms with Crippen LogP contribution < -0.4 is 5.01 Å². The number of nitrogens with zero attached hydrogens (tertiary/aromatic N) is 2. The monoisotopic (exact) mass is 230 g/mol. The summed E-state index contributed by atoms with van der Waals surface area (Å²) >= 11 is 0. The van der Waals surface area contributed by atoms with Crippen molar-refractivity contribution >= 4 is 17.3 Å². The number of rotatable bonds is 3. The molecule has 1 aliphatic heterocycles. The Morgan fingerprint density at radius 1 is 1.35 bits per heavy atom. The number of amides is 1. The molecule has 0 aliphatic carbocycles. The molecule has 0 bridgehead atoms. The van der Waals surface area contributed by atoms with Crippen LogP contribution in [0.5, 0.6) is 0 Å². The van der Waals surface area contributed by atoms with Crippen molar-refractivity contribution in [1.82, 2.24) is 0 Å². The zero-order valence-corrected chi connectivity index (χ0v) is 10.7. The first-order valence-electron chi connectivity index (χ1n) is 6.08. The Labute approximate surface area is 102 Å². The topological polar surface area (TPSA) is 32.7 Å². The summed E-state index contributed by atoms with van der Waals surface area (Å²) in [6.45, 7) is 6.17. The fourth-order valence-electron chi connectivity index (χ4n) is 2.14. The van der Waals surface area contributed by atoms with Crippen LogP contribution >= 0.6 is 0 Å². The lowest BCUT2D eigenvalue weighted by Gasteiger charge is -2.14. The van der Waals surface area contributed by atoms with Crippen molar-refractivity contribution in [2.75, 3.05) is 5.01 Å². The van der Waals surface area contributed by atoms with E-state index in [4.69, 9.17) is 0 Å². The average Bonchev–Trinajstić information content (AvgIpc) is 2.60. The highest BCUT2D eigenvalue weighted by Gasteiger charge is 2.25. The molecule has 1 aliphatic rings. The van der Waals surface area contributed by atoms with Gasteiger partial charge in [-0.3, -0.25) is 4.79 Å². The molecule has 17 heavy (non-hydrogen) atoms. The largest absolute Gasteiger partial charge is 0.272 e. The van der Waals surface area contributed by atoms with E-state index in [0.717, 1.165) is 29.8 Å². The number of anilines is 1. The smallest absolute Gasteiger partial charge is 0.253 e. The van der Waals surface area contributed by atoms with Crippen molar-refractivity contribution in [2.24, 2.45) is 5.10 Å². The Bertz CT molecular complexity index is 477. The maximum atomic E-state index is 11.9. The van der Waals surface area contributed by atoms with Gasteiger partial charge in [0, 0.05) is 5.71 Å². The summed E-state index contributed by atoms with van der Waals surface area (Å²) in [5.41, 5.74) is 4.21. The van der Waals surface area contributed by atoms with Crippen molar-refractivity contribution in [1.29, 1.82) is 0 Å². The minimum absolute atomic E-state index is 0.0837. The fraction of sp³-hybridized carbons (Fsp3) is 0.429. The molecule has 90 valence electrons. The van der Waals surface area contributed by atoms with Gasteiger partial charge in [-0.2, -0.15) is 5.10 Å². The van der Waals surface area contributed by atoms with E-state index in [1.54, 1.807) is 5.01 Å². The maximum absolute atomic E-state index is 11.9. The average molecular weight is 230 g/mol. The fourth-order valence-corrected chi connectivity index (χ4v) is 2.14. The van der Waals surface area contributed by atoms with Gasteiger partial charge in [-0.15, -0.1) is 0 Å². The Morgan fingerprint density at radius 3 is 2.76 bits per heavy atom. The number of hydrogen-bond donors (Lipinski definition) is 0. The summed E-state index contributed by atoms with van der Waals surface area (Å²) in [5.74, 6) is 0.0837. The second-order valence-electron chi connectivity index (χ2n) is 4.59. The lowest BCUT2D eigenvalue weighted by atomic mass is 10.1. The summed E-state index contributed by atoms with van der Waals surface area (Å²) in [5, 5.41) is 5.98. The van der Waals surface area contributed by atoms with Crippen LogP contribution in [0.25, 0.3) is 0 Å². The quantitative estimate of drug-likeness (QED) is 0.784. The summed E-state index contributed by atoms with van der Waals surface area (Å²) in [6, 6.07) is 6.07. The SMILES string of the molecule is CCCC1=NN(c2ccc(C)cc2C)C(=O)C1. The summed E-state index contributed by atoms with van der Waals surface area (Å²) in [6.07, 6.45) is 2.42. The minimum Gasteiger partial charge on any atom is -0.272 e. The molecule has 0 saturated heterocycles. The molecular weight excluding hydrogens is 212 g/mol. The second-order valence-corrected chi connectivity index (χ2v) is 4.59. The third kappa shape index (κ3) is 2.38. The lowest BCUT2D eigenvalue weighted by molar-refractivity contribution is -0.116. The molecule has 0 spiro atoms. The van der Waals surface area contributed by atoms with Crippen molar-refractivity contribution in [2.45, 2.75) is 40.0 Å². The molecule has 0 radical (unpaired) electrons. The summed E-state index contributed by atoms with van der Waals surface area (Å²) in [4.78, 5) is 11.9. The highest BCUT2D eigenvalue weighted by molar-refractivity contribution is 6.13. The van der Waals surface area contributed by atoms with Gasteiger partial charge in [0.05, 0.1) is 12.1 Å². The van der Waals surface area contributed by atoms with Gasteiger partial charge in [-0.1, -0.05) is 31.0 Å². The molecule has 1 aromatic carbocycles. The molecular formula is C14H18N2O. The van der Waals surface area contributed by atoms with E-state index >= 15 is 0 Å². The van der Waals surface area contributed by atoms with Crippen LogP contribution in [0.4, 0.5) is 5.69 Å². The third-order valence-electron chi connectivity index (χ3n) is 2.95. The number of carbonyl (C=O) groups is 1. The zero-order valence-electron chi connectivity index (χ0n) is 10.7. The molecule has 0 atom stereocenters. The van der Waals surface area contributed by atoms with E-state index in [0.29, 0.717) is 6.42 Å². The summed E-state index contributed by atoms with van der Waals surface area (Å²) in [7, 11) is 0. The molecule has 1 heterocycles. The van der Waals surface area contributed by atoms with Gasteiger partial charge in [0.2, 0.25) is 0 Å². The first-order valence-corrected chi connectivity index (χ1v) is 6.08. The molecule has 1 amide bonds. The van der Waals surface area contributed by atoms with Crippen LogP contribution in [0, 0.1) is 13.8 Å². The highest BCUT2D eigenvalue weighted by Crippen LogP contribution is 2.26. The van der Waals surface area contributed by atoms with Gasteiger partial charge < -0.3 is 0 Å². The lowest BCUT2D eigenvalue weighted by Crippen LogP contribution is -2.20. The van der Waals surface area contributed by atoms with Crippen molar-refractivity contribution in [3.05, 3.63) is 29.3 Å². The van der Waals surface area contributed by atoms with Crippen LogP contribution in [0.1, 0.15) is 37.3 Å². The van der Waals surface area contributed by atoms with E-state index in [9.17, 15) is 4.79 Å². The van der Waals surface area contributed by atoms with E-state index in [1.165, 1.54) is 5.56 Å². The van der Waals surface area contributed by atoms with E-state index in [-0.39, 0.29) is 5.91 Å². The van der Waals surface area contributed by atoms with Gasteiger partial charge in [0.25, 0.3) is 5.91 Å². The number of hydrogen-bond acceptors (Lipinski definition) is 2. The molecule has 0 fully saturated rings. The standard InChI is InChI=1S/C14H18N2O/c1-4-5-12-9-14(17)16(15-12)13-7-6-10(2)8-11(13)3/h6-8H,4-5,9H2,1-3H3. The number of hydrazone groups is 1.